The van der Waals surface area contributed by atoms with Gasteiger partial charge in [-0.2, -0.15) is 0 Å². The van der Waals surface area contributed by atoms with Crippen molar-refractivity contribution in [3.8, 4) is 11.5 Å². The zero-order valence-electron chi connectivity index (χ0n) is 26.5. The summed E-state index contributed by atoms with van der Waals surface area (Å²) in [6, 6.07) is 21.8. The Labute approximate surface area is 279 Å². The summed E-state index contributed by atoms with van der Waals surface area (Å²) >= 11 is 9.82. The second kappa shape index (κ2) is 12.1. The summed E-state index contributed by atoms with van der Waals surface area (Å²) in [4.78, 5) is 30.8. The van der Waals surface area contributed by atoms with Gasteiger partial charge >= 0.3 is 0 Å². The van der Waals surface area contributed by atoms with Crippen LogP contribution in [0.2, 0.25) is 5.02 Å². The maximum atomic E-state index is 14.2. The van der Waals surface area contributed by atoms with Gasteiger partial charge in [-0.3, -0.25) is 9.59 Å². The van der Waals surface area contributed by atoms with Crippen LogP contribution in [0, 0.1) is 10.8 Å². The average molecular weight is 689 g/mol. The van der Waals surface area contributed by atoms with Crippen molar-refractivity contribution in [1.29, 1.82) is 0 Å². The zero-order valence-corrected chi connectivity index (χ0v) is 28.8. The van der Waals surface area contributed by atoms with Crippen LogP contribution in [0.25, 0.3) is 0 Å². The summed E-state index contributed by atoms with van der Waals surface area (Å²) in [6.07, 6.45) is 2.38. The molecule has 0 aromatic heterocycles. The lowest BCUT2D eigenvalue weighted by atomic mass is 9.63. The van der Waals surface area contributed by atoms with Gasteiger partial charge < -0.3 is 14.4 Å². The molecule has 0 atom stereocenters. The number of hydrogen-bond donors (Lipinski definition) is 0. The summed E-state index contributed by atoms with van der Waals surface area (Å²) in [6.45, 7) is 9.60. The quantitative estimate of drug-likeness (QED) is 0.248. The first-order valence-electron chi connectivity index (χ1n) is 15.4. The molecule has 0 spiro atoms. The molecule has 5 nitrogen and oxygen atoms in total. The molecule has 0 fully saturated rings. The van der Waals surface area contributed by atoms with Crippen LogP contribution in [0.3, 0.4) is 0 Å². The highest BCUT2D eigenvalue weighted by molar-refractivity contribution is 9.10. The maximum absolute atomic E-state index is 14.2. The Kier molecular flexibility index (Phi) is 8.51. The largest absolute Gasteiger partial charge is 0.493 e. The Morgan fingerprint density at radius 2 is 1.40 bits per heavy atom. The second-order valence-corrected chi connectivity index (χ2v) is 15.3. The molecule has 0 amide bonds. The fraction of sp³-hybridized carbons (Fsp3) is 0.368. The van der Waals surface area contributed by atoms with E-state index >= 15 is 0 Å². The molecule has 1 heterocycles. The van der Waals surface area contributed by atoms with Gasteiger partial charge in [-0.1, -0.05) is 81.8 Å². The number of ketones is 2. The van der Waals surface area contributed by atoms with Gasteiger partial charge in [0.1, 0.15) is 6.61 Å². The monoisotopic (exact) mass is 687 g/mol. The number of rotatable bonds is 7. The summed E-state index contributed by atoms with van der Waals surface area (Å²) in [5, 5.41) is 0.667. The Bertz CT molecular complexity index is 1670. The highest BCUT2D eigenvalue weighted by Gasteiger charge is 2.49. The molecule has 0 N–H and O–H groups in total. The van der Waals surface area contributed by atoms with Gasteiger partial charge in [0.25, 0.3) is 0 Å². The van der Waals surface area contributed by atoms with Crippen molar-refractivity contribution in [2.45, 2.75) is 72.4 Å². The number of hydrogen-bond acceptors (Lipinski definition) is 5. The molecule has 0 unspecified atom stereocenters. The second-order valence-electron chi connectivity index (χ2n) is 14.1. The Morgan fingerprint density at radius 3 is 1.96 bits per heavy atom. The van der Waals surface area contributed by atoms with Crippen LogP contribution in [-0.4, -0.2) is 23.6 Å². The third kappa shape index (κ3) is 6.37. The normalized spacial score (nSPS) is 19.4. The van der Waals surface area contributed by atoms with E-state index in [0.29, 0.717) is 47.0 Å². The minimum atomic E-state index is -0.482. The molecule has 0 radical (unpaired) electrons. The number of benzene rings is 3. The van der Waals surface area contributed by atoms with Gasteiger partial charge in [-0.25, -0.2) is 0 Å². The minimum Gasteiger partial charge on any atom is -0.493 e. The average Bonchev–Trinajstić information content (AvgIpc) is 2.97. The number of allylic oxidation sites excluding steroid dienone is 4. The van der Waals surface area contributed by atoms with Gasteiger partial charge in [-0.15, -0.1) is 0 Å². The van der Waals surface area contributed by atoms with E-state index in [1.165, 1.54) is 0 Å². The number of carbonyl (C=O) groups is 2. The highest BCUT2D eigenvalue weighted by Crippen LogP contribution is 2.55. The first-order valence-corrected chi connectivity index (χ1v) is 16.6. The number of Topliss-reactive ketones (excluding diaryl/α,β-unsaturated/α-hetero) is 2. The van der Waals surface area contributed by atoms with Crippen LogP contribution in [0.15, 0.2) is 93.7 Å². The summed E-state index contributed by atoms with van der Waals surface area (Å²) in [5.41, 5.74) is 6.12. The standard InChI is InChI=1S/C38H39BrClNO4/c1-37(2)17-28-34(30(42)19-37)33(25-15-27(39)36(32(16-25)44-5)45-22-24-11-13-26(40)14-12-24)35-29(18-38(3,4)20-31(35)43)41(28)21-23-9-7-6-8-10-23/h6-16,33H,17-22H2,1-5H3. The zero-order chi connectivity index (χ0) is 32.1. The van der Waals surface area contributed by atoms with E-state index in [4.69, 9.17) is 21.1 Å². The molecule has 2 aliphatic carbocycles. The first kappa shape index (κ1) is 31.6. The van der Waals surface area contributed by atoms with E-state index in [1.807, 2.05) is 54.6 Å². The van der Waals surface area contributed by atoms with Gasteiger partial charge in [-0.05, 0) is 80.6 Å². The molecule has 45 heavy (non-hydrogen) atoms. The van der Waals surface area contributed by atoms with Crippen molar-refractivity contribution in [3.63, 3.8) is 0 Å². The molecule has 7 heteroatoms. The highest BCUT2D eigenvalue weighted by atomic mass is 79.9. The summed E-state index contributed by atoms with van der Waals surface area (Å²) in [7, 11) is 1.61. The van der Waals surface area contributed by atoms with E-state index in [9.17, 15) is 9.59 Å². The van der Waals surface area contributed by atoms with E-state index in [2.05, 4.69) is 60.7 Å². The van der Waals surface area contributed by atoms with Gasteiger partial charge in [0.2, 0.25) is 0 Å². The molecular formula is C38H39BrClNO4. The van der Waals surface area contributed by atoms with Crippen molar-refractivity contribution >= 4 is 39.1 Å². The maximum Gasteiger partial charge on any atom is 0.175 e. The predicted octanol–water partition coefficient (Wildman–Crippen LogP) is 9.58. The van der Waals surface area contributed by atoms with Crippen LogP contribution < -0.4 is 9.47 Å². The summed E-state index contributed by atoms with van der Waals surface area (Å²) < 4.78 is 12.8. The van der Waals surface area contributed by atoms with Crippen LogP contribution >= 0.6 is 27.5 Å². The molecule has 0 saturated carbocycles. The Hall–Kier alpha value is -3.35. The third-order valence-electron chi connectivity index (χ3n) is 9.09. The van der Waals surface area contributed by atoms with E-state index in [1.54, 1.807) is 7.11 Å². The third-order valence-corrected chi connectivity index (χ3v) is 9.93. The fourth-order valence-electron chi connectivity index (χ4n) is 7.12. The van der Waals surface area contributed by atoms with E-state index < -0.39 is 5.92 Å². The predicted molar refractivity (Wildman–Crippen MR) is 181 cm³/mol. The lowest BCUT2D eigenvalue weighted by molar-refractivity contribution is -0.119. The van der Waals surface area contributed by atoms with Gasteiger partial charge in [0, 0.05) is 52.9 Å². The number of ether oxygens (including phenoxy) is 2. The number of halogens is 2. The topological polar surface area (TPSA) is 55.8 Å². The van der Waals surface area contributed by atoms with Gasteiger partial charge in [0.05, 0.1) is 11.6 Å². The Morgan fingerprint density at radius 1 is 0.822 bits per heavy atom. The van der Waals surface area contributed by atoms with Crippen molar-refractivity contribution in [1.82, 2.24) is 4.90 Å². The molecule has 3 aliphatic rings. The number of methoxy groups -OCH3 is 1. The molecule has 1 aliphatic heterocycles. The lowest BCUT2D eigenvalue weighted by Gasteiger charge is -2.49. The SMILES string of the molecule is COc1cc(C2C3=C(CC(C)(C)CC3=O)N(Cc3ccccc3)C3=C2C(=O)CC(C)(C)C3)cc(Br)c1OCc1ccc(Cl)cc1. The molecule has 3 aromatic carbocycles. The van der Waals surface area contributed by atoms with Crippen molar-refractivity contribution in [2.24, 2.45) is 10.8 Å². The number of nitrogens with zero attached hydrogens (tertiary/aromatic N) is 1. The summed E-state index contributed by atoms with van der Waals surface area (Å²) in [5.74, 6) is 0.827. The molecule has 3 aromatic rings. The van der Waals surface area contributed by atoms with Crippen LogP contribution in [0.5, 0.6) is 11.5 Å². The minimum absolute atomic E-state index is 0.103. The van der Waals surface area contributed by atoms with Crippen LogP contribution in [-0.2, 0) is 22.7 Å². The smallest absolute Gasteiger partial charge is 0.175 e. The molecule has 0 bridgehead atoms. The van der Waals surface area contributed by atoms with Crippen LogP contribution in [0.1, 0.15) is 76.0 Å². The van der Waals surface area contributed by atoms with E-state index in [0.717, 1.165) is 52.1 Å². The molecule has 234 valence electrons. The number of carbonyl (C=O) groups excluding carboxylic acids is 2. The van der Waals surface area contributed by atoms with E-state index in [-0.39, 0.29) is 22.4 Å². The van der Waals surface area contributed by atoms with Crippen molar-refractivity contribution < 1.29 is 19.1 Å². The fourth-order valence-corrected chi connectivity index (χ4v) is 7.82. The lowest BCUT2D eigenvalue weighted by Crippen LogP contribution is -2.44. The molecular weight excluding hydrogens is 650 g/mol. The first-order chi connectivity index (χ1) is 21.4. The molecule has 6 rings (SSSR count). The molecule has 0 saturated heterocycles. The van der Waals surface area contributed by atoms with Gasteiger partial charge in [0.15, 0.2) is 23.1 Å². The van der Waals surface area contributed by atoms with Crippen LogP contribution in [0.4, 0.5) is 0 Å². The van der Waals surface area contributed by atoms with Crippen molar-refractivity contribution in [3.05, 3.63) is 115 Å². The Balaban J connectivity index is 1.50. The van der Waals surface area contributed by atoms with Crippen molar-refractivity contribution in [2.75, 3.05) is 7.11 Å².